The molecule has 0 radical (unpaired) electrons. The van der Waals surface area contributed by atoms with Crippen LogP contribution >= 0.6 is 0 Å². The fourth-order valence-electron chi connectivity index (χ4n) is 2.49. The predicted octanol–water partition coefficient (Wildman–Crippen LogP) is 2.75. The zero-order valence-corrected chi connectivity index (χ0v) is 15.5. The number of ether oxygens (including phenoxy) is 2. The Balaban J connectivity index is 1.94. The largest absolute Gasteiger partial charge is 0.481 e. The molecule has 7 heteroatoms. The Morgan fingerprint density at radius 1 is 1.12 bits per heavy atom. The van der Waals surface area contributed by atoms with Crippen LogP contribution in [0.4, 0.5) is 0 Å². The van der Waals surface area contributed by atoms with Crippen molar-refractivity contribution in [1.29, 1.82) is 0 Å². The number of Topliss-reactive ketones (excluding diaryl/α,β-unsaturated/α-hetero) is 1. The van der Waals surface area contributed by atoms with Crippen LogP contribution in [0.5, 0.6) is 0 Å². The average molecular weight is 373 g/mol. The lowest BCUT2D eigenvalue weighted by atomic mass is 10.0. The quantitative estimate of drug-likeness (QED) is 0.801. The van der Waals surface area contributed by atoms with Crippen molar-refractivity contribution in [2.45, 2.75) is 31.0 Å². The number of carbonyl (C=O) groups is 1. The number of aromatic nitrogens is 1. The van der Waals surface area contributed by atoms with E-state index >= 15 is 0 Å². The number of pyridine rings is 1. The summed E-state index contributed by atoms with van der Waals surface area (Å²) < 4.78 is 34.7. The molecule has 1 aromatic heterocycles. The zero-order chi connectivity index (χ0) is 18.9. The van der Waals surface area contributed by atoms with Crippen molar-refractivity contribution in [3.63, 3.8) is 0 Å². The minimum atomic E-state index is -3.35. The lowest BCUT2D eigenvalue weighted by Crippen LogP contribution is -2.30. The Kier molecular flexibility index (Phi) is 4.58. The van der Waals surface area contributed by atoms with E-state index in [0.29, 0.717) is 5.69 Å². The van der Waals surface area contributed by atoms with Crippen LogP contribution in [-0.2, 0) is 30.7 Å². The molecule has 0 amide bonds. The van der Waals surface area contributed by atoms with Crippen molar-refractivity contribution in [1.82, 2.24) is 4.98 Å². The Hall–Kier alpha value is -2.67. The number of hydrogen-bond donors (Lipinski definition) is 0. The highest BCUT2D eigenvalue weighted by Gasteiger charge is 2.44. The molecule has 26 heavy (non-hydrogen) atoms. The molecule has 0 N–H and O–H groups in total. The van der Waals surface area contributed by atoms with E-state index in [4.69, 9.17) is 9.47 Å². The Morgan fingerprint density at radius 2 is 1.81 bits per heavy atom. The zero-order valence-electron chi connectivity index (χ0n) is 14.7. The maximum absolute atomic E-state index is 12.6. The maximum Gasteiger partial charge on any atom is 0.244 e. The second kappa shape index (κ2) is 6.57. The monoisotopic (exact) mass is 373 g/mol. The summed E-state index contributed by atoms with van der Waals surface area (Å²) in [7, 11) is -3.35. The second-order valence-corrected chi connectivity index (χ2v) is 8.54. The Morgan fingerprint density at radius 3 is 2.38 bits per heavy atom. The summed E-state index contributed by atoms with van der Waals surface area (Å²) in [4.78, 5) is 16.9. The van der Waals surface area contributed by atoms with Gasteiger partial charge in [0.05, 0.1) is 4.90 Å². The Bertz CT molecular complexity index is 961. The number of rotatable bonds is 5. The standard InChI is InChI=1S/C19H19NO5S/c1-19(2)18(21)17(24-12-13-7-5-4-6-8-13)16(25-19)15-10-9-14(11-20-15)26(3,22)23/h4-11H,12H2,1-3H3. The van der Waals surface area contributed by atoms with Crippen LogP contribution in [-0.4, -0.2) is 31.0 Å². The molecule has 0 saturated heterocycles. The van der Waals surface area contributed by atoms with E-state index in [9.17, 15) is 13.2 Å². The highest BCUT2D eigenvalue weighted by atomic mass is 32.2. The molecule has 0 bridgehead atoms. The highest BCUT2D eigenvalue weighted by Crippen LogP contribution is 2.36. The smallest absolute Gasteiger partial charge is 0.244 e. The van der Waals surface area contributed by atoms with E-state index in [1.54, 1.807) is 13.8 Å². The summed E-state index contributed by atoms with van der Waals surface area (Å²) in [6, 6.07) is 12.4. The first kappa shape index (κ1) is 18.1. The van der Waals surface area contributed by atoms with Crippen LogP contribution in [0, 0.1) is 0 Å². The third kappa shape index (κ3) is 3.62. The number of nitrogens with zero attached hydrogens (tertiary/aromatic N) is 1. The molecule has 0 spiro atoms. The van der Waals surface area contributed by atoms with Gasteiger partial charge in [0.1, 0.15) is 12.3 Å². The predicted molar refractivity (Wildman–Crippen MR) is 95.7 cm³/mol. The number of benzene rings is 1. The SMILES string of the molecule is CC1(C)OC(c2ccc(S(C)(=O)=O)cn2)=C(OCc2ccccc2)C1=O. The van der Waals surface area contributed by atoms with Crippen LogP contribution < -0.4 is 0 Å². The summed E-state index contributed by atoms with van der Waals surface area (Å²) in [6.45, 7) is 3.52. The van der Waals surface area contributed by atoms with Crippen molar-refractivity contribution in [3.05, 3.63) is 65.7 Å². The summed E-state index contributed by atoms with van der Waals surface area (Å²) in [5.74, 6) is 0.0341. The first-order valence-electron chi connectivity index (χ1n) is 8.00. The molecule has 0 atom stereocenters. The third-order valence-electron chi connectivity index (χ3n) is 3.94. The van der Waals surface area contributed by atoms with E-state index in [0.717, 1.165) is 11.8 Å². The van der Waals surface area contributed by atoms with E-state index in [1.807, 2.05) is 30.3 Å². The van der Waals surface area contributed by atoms with Gasteiger partial charge in [-0.05, 0) is 31.5 Å². The molecule has 136 valence electrons. The summed E-state index contributed by atoms with van der Waals surface area (Å²) in [6.07, 6.45) is 2.35. The average Bonchev–Trinajstić information content (AvgIpc) is 2.83. The van der Waals surface area contributed by atoms with E-state index in [-0.39, 0.29) is 28.8 Å². The normalized spacial score (nSPS) is 16.5. The first-order valence-corrected chi connectivity index (χ1v) is 9.89. The minimum Gasteiger partial charge on any atom is -0.481 e. The lowest BCUT2D eigenvalue weighted by molar-refractivity contribution is -0.129. The molecule has 0 saturated carbocycles. The summed E-state index contributed by atoms with van der Waals surface area (Å²) in [5.41, 5.74) is 0.190. The molecule has 3 rings (SSSR count). The fourth-order valence-corrected chi connectivity index (χ4v) is 3.05. The van der Waals surface area contributed by atoms with Gasteiger partial charge in [-0.15, -0.1) is 0 Å². The molecular weight excluding hydrogens is 354 g/mol. The van der Waals surface area contributed by atoms with Gasteiger partial charge in [0.15, 0.2) is 21.2 Å². The fraction of sp³-hybridized carbons (Fsp3) is 0.263. The molecule has 0 fully saturated rings. The van der Waals surface area contributed by atoms with E-state index < -0.39 is 15.4 Å². The highest BCUT2D eigenvalue weighted by molar-refractivity contribution is 7.90. The molecule has 1 aliphatic heterocycles. The molecule has 6 nitrogen and oxygen atoms in total. The van der Waals surface area contributed by atoms with Crippen LogP contribution in [0.15, 0.2) is 59.3 Å². The van der Waals surface area contributed by atoms with Gasteiger partial charge in [0.25, 0.3) is 0 Å². The first-order chi connectivity index (χ1) is 12.2. The van der Waals surface area contributed by atoms with Gasteiger partial charge >= 0.3 is 0 Å². The van der Waals surface area contributed by atoms with Gasteiger partial charge < -0.3 is 9.47 Å². The van der Waals surface area contributed by atoms with Gasteiger partial charge in [0, 0.05) is 12.5 Å². The molecule has 2 heterocycles. The molecule has 0 unspecified atom stereocenters. The molecule has 2 aromatic rings. The lowest BCUT2D eigenvalue weighted by Gasteiger charge is -2.16. The van der Waals surface area contributed by atoms with Gasteiger partial charge in [-0.25, -0.2) is 8.42 Å². The molecule has 1 aromatic carbocycles. The van der Waals surface area contributed by atoms with Crippen LogP contribution in [0.1, 0.15) is 25.1 Å². The number of ketones is 1. The topological polar surface area (TPSA) is 82.6 Å². The second-order valence-electron chi connectivity index (χ2n) is 6.53. The third-order valence-corrected chi connectivity index (χ3v) is 5.04. The van der Waals surface area contributed by atoms with Crippen molar-refractivity contribution in [2.75, 3.05) is 6.26 Å². The van der Waals surface area contributed by atoms with Crippen molar-refractivity contribution in [2.24, 2.45) is 0 Å². The van der Waals surface area contributed by atoms with E-state index in [1.165, 1.54) is 18.3 Å². The van der Waals surface area contributed by atoms with Gasteiger partial charge in [-0.2, -0.15) is 0 Å². The minimum absolute atomic E-state index is 0.0946. The molecular formula is C19H19NO5S. The number of sulfone groups is 1. The van der Waals surface area contributed by atoms with Crippen LogP contribution in [0.3, 0.4) is 0 Å². The number of hydrogen-bond acceptors (Lipinski definition) is 6. The van der Waals surface area contributed by atoms with Crippen LogP contribution in [0.25, 0.3) is 5.76 Å². The summed E-state index contributed by atoms with van der Waals surface area (Å²) in [5, 5.41) is 0. The Labute approximate surface area is 152 Å². The number of carbonyl (C=O) groups excluding carboxylic acids is 1. The van der Waals surface area contributed by atoms with Gasteiger partial charge in [-0.1, -0.05) is 30.3 Å². The van der Waals surface area contributed by atoms with Crippen molar-refractivity contribution >= 4 is 21.4 Å². The molecule has 1 aliphatic rings. The van der Waals surface area contributed by atoms with E-state index in [2.05, 4.69) is 4.98 Å². The van der Waals surface area contributed by atoms with Crippen molar-refractivity contribution < 1.29 is 22.7 Å². The van der Waals surface area contributed by atoms with Gasteiger partial charge in [-0.3, -0.25) is 9.78 Å². The molecule has 0 aliphatic carbocycles. The van der Waals surface area contributed by atoms with Gasteiger partial charge in [0.2, 0.25) is 11.5 Å². The van der Waals surface area contributed by atoms with Crippen LogP contribution in [0.2, 0.25) is 0 Å². The van der Waals surface area contributed by atoms with Crippen molar-refractivity contribution in [3.8, 4) is 0 Å². The summed E-state index contributed by atoms with van der Waals surface area (Å²) >= 11 is 0. The maximum atomic E-state index is 12.6.